The third-order valence-corrected chi connectivity index (χ3v) is 4.20. The summed E-state index contributed by atoms with van der Waals surface area (Å²) in [6, 6.07) is 18.7. The van der Waals surface area contributed by atoms with Gasteiger partial charge in [0.2, 0.25) is 0 Å². The van der Waals surface area contributed by atoms with Gasteiger partial charge in [0.05, 0.1) is 0 Å². The fourth-order valence-corrected chi connectivity index (χ4v) is 2.92. The highest BCUT2D eigenvalue weighted by Gasteiger charge is 2.10. The second-order valence-electron chi connectivity index (χ2n) is 6.52. The quantitative estimate of drug-likeness (QED) is 0.672. The number of H-pyrrole nitrogens is 1. The smallest absolute Gasteiger partial charge is 0.266 e. The van der Waals surface area contributed by atoms with E-state index in [1.54, 1.807) is 18.2 Å². The van der Waals surface area contributed by atoms with Crippen molar-refractivity contribution in [2.45, 2.75) is 12.6 Å². The van der Waals surface area contributed by atoms with Crippen molar-refractivity contribution in [3.8, 4) is 11.8 Å². The minimum absolute atomic E-state index is 0.0576. The fraction of sp³-hybridized carbons (Fsp3) is 0.238. The number of nitrogens with zero attached hydrogens (tertiary/aromatic N) is 2. The van der Waals surface area contributed by atoms with E-state index in [1.165, 1.54) is 11.6 Å². The molecule has 0 fully saturated rings. The Morgan fingerprint density at radius 3 is 2.74 bits per heavy atom. The van der Waals surface area contributed by atoms with Gasteiger partial charge in [0.25, 0.3) is 5.56 Å². The Morgan fingerprint density at radius 2 is 2.00 bits per heavy atom. The molecule has 2 aromatic carbocycles. The van der Waals surface area contributed by atoms with Gasteiger partial charge in [0.15, 0.2) is 0 Å². The van der Waals surface area contributed by atoms with Crippen LogP contribution < -0.4 is 10.3 Å². The topological polar surface area (TPSA) is 89.3 Å². The van der Waals surface area contributed by atoms with Gasteiger partial charge in [0, 0.05) is 24.0 Å². The van der Waals surface area contributed by atoms with Crippen LogP contribution in [-0.2, 0) is 6.54 Å². The van der Waals surface area contributed by atoms with Crippen LogP contribution >= 0.6 is 0 Å². The first-order valence-electron chi connectivity index (χ1n) is 8.65. The van der Waals surface area contributed by atoms with Gasteiger partial charge in [0.1, 0.15) is 30.1 Å². The Kier molecular flexibility index (Phi) is 5.87. The number of nitriles is 1. The average Bonchev–Trinajstić information content (AvgIpc) is 2.66. The maximum atomic E-state index is 11.7. The molecule has 0 aliphatic heterocycles. The molecule has 1 heterocycles. The summed E-state index contributed by atoms with van der Waals surface area (Å²) in [5.41, 5.74) is 1.47. The van der Waals surface area contributed by atoms with E-state index in [-0.39, 0.29) is 12.2 Å². The lowest BCUT2D eigenvalue weighted by atomic mass is 10.1. The van der Waals surface area contributed by atoms with E-state index in [1.807, 2.05) is 48.3 Å². The zero-order chi connectivity index (χ0) is 19.2. The van der Waals surface area contributed by atoms with E-state index >= 15 is 0 Å². The van der Waals surface area contributed by atoms with Gasteiger partial charge in [-0.05, 0) is 36.9 Å². The zero-order valence-electron chi connectivity index (χ0n) is 15.1. The SMILES string of the molecule is CN(Cc1ccccc1)CC(O)COc1ccc2[nH]c(=O)c(C#N)cc2c1. The first-order valence-corrected chi connectivity index (χ1v) is 8.65. The van der Waals surface area contributed by atoms with Crippen molar-refractivity contribution in [3.63, 3.8) is 0 Å². The molecule has 6 nitrogen and oxygen atoms in total. The van der Waals surface area contributed by atoms with Crippen LogP contribution in [0.3, 0.4) is 0 Å². The molecule has 1 unspecified atom stereocenters. The fourth-order valence-electron chi connectivity index (χ4n) is 2.92. The Balaban J connectivity index is 1.58. The molecular formula is C21H21N3O3. The Morgan fingerprint density at radius 1 is 1.22 bits per heavy atom. The highest BCUT2D eigenvalue weighted by Crippen LogP contribution is 2.19. The van der Waals surface area contributed by atoms with Crippen molar-refractivity contribution < 1.29 is 9.84 Å². The monoisotopic (exact) mass is 363 g/mol. The standard InChI is InChI=1S/C21H21N3O3/c1-24(12-15-5-3-2-4-6-15)13-18(25)14-27-19-7-8-20-16(10-19)9-17(11-22)21(26)23-20/h2-10,18,25H,12-14H2,1H3,(H,23,26). The van der Waals surface area contributed by atoms with Crippen LogP contribution in [0, 0.1) is 11.3 Å². The van der Waals surface area contributed by atoms with Crippen LogP contribution in [0.15, 0.2) is 59.4 Å². The molecule has 0 aliphatic rings. The van der Waals surface area contributed by atoms with Crippen LogP contribution in [0.2, 0.25) is 0 Å². The van der Waals surface area contributed by atoms with E-state index in [0.29, 0.717) is 23.2 Å². The third-order valence-electron chi connectivity index (χ3n) is 4.20. The van der Waals surface area contributed by atoms with Crippen molar-refractivity contribution in [2.24, 2.45) is 0 Å². The van der Waals surface area contributed by atoms with Crippen molar-refractivity contribution in [2.75, 3.05) is 20.2 Å². The van der Waals surface area contributed by atoms with Gasteiger partial charge < -0.3 is 14.8 Å². The maximum absolute atomic E-state index is 11.7. The highest BCUT2D eigenvalue weighted by molar-refractivity contribution is 5.81. The number of aliphatic hydroxyl groups excluding tert-OH is 1. The van der Waals surface area contributed by atoms with Crippen LogP contribution in [0.25, 0.3) is 10.9 Å². The number of hydrogen-bond donors (Lipinski definition) is 2. The van der Waals surface area contributed by atoms with Gasteiger partial charge in [-0.15, -0.1) is 0 Å². The van der Waals surface area contributed by atoms with Crippen molar-refractivity contribution in [3.05, 3.63) is 76.1 Å². The predicted molar refractivity (Wildman–Crippen MR) is 104 cm³/mol. The molecule has 138 valence electrons. The number of ether oxygens (including phenoxy) is 1. The molecule has 0 amide bonds. The summed E-state index contributed by atoms with van der Waals surface area (Å²) in [4.78, 5) is 16.3. The summed E-state index contributed by atoms with van der Waals surface area (Å²) >= 11 is 0. The van der Waals surface area contributed by atoms with Gasteiger partial charge in [-0.3, -0.25) is 9.69 Å². The predicted octanol–water partition coefficient (Wildman–Crippen LogP) is 2.27. The summed E-state index contributed by atoms with van der Waals surface area (Å²) in [5.74, 6) is 0.572. The lowest BCUT2D eigenvalue weighted by Gasteiger charge is -2.21. The normalized spacial score (nSPS) is 12.1. The molecule has 0 saturated heterocycles. The summed E-state index contributed by atoms with van der Waals surface area (Å²) in [5, 5.41) is 19.9. The van der Waals surface area contributed by atoms with Crippen molar-refractivity contribution in [1.29, 1.82) is 5.26 Å². The first kappa shape index (κ1) is 18.6. The number of fused-ring (bicyclic) bond motifs is 1. The molecule has 27 heavy (non-hydrogen) atoms. The minimum atomic E-state index is -0.639. The number of aromatic amines is 1. The van der Waals surface area contributed by atoms with Gasteiger partial charge in [-0.1, -0.05) is 30.3 Å². The van der Waals surface area contributed by atoms with E-state index in [9.17, 15) is 9.90 Å². The largest absolute Gasteiger partial charge is 0.491 e. The number of benzene rings is 2. The van der Waals surface area contributed by atoms with E-state index in [0.717, 1.165) is 6.54 Å². The van der Waals surface area contributed by atoms with E-state index < -0.39 is 11.7 Å². The summed E-state index contributed by atoms with van der Waals surface area (Å²) < 4.78 is 5.68. The Hall–Kier alpha value is -3.14. The van der Waals surface area contributed by atoms with Crippen LogP contribution in [0.5, 0.6) is 5.75 Å². The van der Waals surface area contributed by atoms with E-state index in [2.05, 4.69) is 4.98 Å². The van der Waals surface area contributed by atoms with Crippen LogP contribution in [0.4, 0.5) is 0 Å². The first-order chi connectivity index (χ1) is 13.0. The molecular weight excluding hydrogens is 342 g/mol. The number of hydrogen-bond acceptors (Lipinski definition) is 5. The summed E-state index contributed by atoms with van der Waals surface area (Å²) in [6.45, 7) is 1.38. The molecule has 2 N–H and O–H groups in total. The molecule has 0 aliphatic carbocycles. The molecule has 3 rings (SSSR count). The van der Waals surface area contributed by atoms with Gasteiger partial charge in [-0.25, -0.2) is 0 Å². The third kappa shape index (κ3) is 4.94. The van der Waals surface area contributed by atoms with Crippen molar-refractivity contribution in [1.82, 2.24) is 9.88 Å². The minimum Gasteiger partial charge on any atom is -0.491 e. The van der Waals surface area contributed by atoms with Gasteiger partial charge >= 0.3 is 0 Å². The molecule has 1 aromatic heterocycles. The molecule has 1 atom stereocenters. The number of pyridine rings is 1. The number of nitrogens with one attached hydrogen (secondary N) is 1. The second-order valence-corrected chi connectivity index (χ2v) is 6.52. The molecule has 0 spiro atoms. The van der Waals surface area contributed by atoms with Crippen LogP contribution in [0.1, 0.15) is 11.1 Å². The number of aromatic nitrogens is 1. The highest BCUT2D eigenvalue weighted by atomic mass is 16.5. The molecule has 0 radical (unpaired) electrons. The molecule has 0 saturated carbocycles. The van der Waals surface area contributed by atoms with Crippen molar-refractivity contribution >= 4 is 10.9 Å². The lowest BCUT2D eigenvalue weighted by molar-refractivity contribution is 0.0744. The summed E-state index contributed by atoms with van der Waals surface area (Å²) in [7, 11) is 1.95. The second kappa shape index (κ2) is 8.49. The molecule has 3 aromatic rings. The zero-order valence-corrected chi connectivity index (χ0v) is 15.1. The molecule has 0 bridgehead atoms. The average molecular weight is 363 g/mol. The number of aliphatic hydroxyl groups is 1. The number of rotatable bonds is 7. The van der Waals surface area contributed by atoms with Gasteiger partial charge in [-0.2, -0.15) is 5.26 Å². The Bertz CT molecular complexity index is 1010. The Labute approximate surface area is 157 Å². The maximum Gasteiger partial charge on any atom is 0.266 e. The van der Waals surface area contributed by atoms with E-state index in [4.69, 9.17) is 10.00 Å². The molecule has 6 heteroatoms. The number of likely N-dealkylation sites (N-methyl/N-ethyl adjacent to an activating group) is 1. The van der Waals surface area contributed by atoms with Crippen LogP contribution in [-0.4, -0.2) is 41.3 Å². The lowest BCUT2D eigenvalue weighted by Crippen LogP contribution is -2.32. The summed E-state index contributed by atoms with van der Waals surface area (Å²) in [6.07, 6.45) is -0.639.